The molecule has 2 aromatic carbocycles. The molecule has 2 heterocycles. The minimum absolute atomic E-state index is 0.0299. The lowest BCUT2D eigenvalue weighted by Crippen LogP contribution is -2.30. The van der Waals surface area contributed by atoms with E-state index in [0.717, 1.165) is 16.5 Å². The van der Waals surface area contributed by atoms with Crippen LogP contribution in [-0.4, -0.2) is 42.9 Å². The Morgan fingerprint density at radius 3 is 2.45 bits per heavy atom. The molecule has 33 heavy (non-hydrogen) atoms. The van der Waals surface area contributed by atoms with Crippen LogP contribution in [0.2, 0.25) is 5.15 Å². The summed E-state index contributed by atoms with van der Waals surface area (Å²) in [4.78, 5) is 4.26. The molecule has 0 amide bonds. The summed E-state index contributed by atoms with van der Waals surface area (Å²) in [6.45, 7) is 1.42. The van der Waals surface area contributed by atoms with Crippen LogP contribution in [0.1, 0.15) is 17.2 Å². The van der Waals surface area contributed by atoms with E-state index in [1.54, 1.807) is 29.0 Å². The zero-order chi connectivity index (χ0) is 23.6. The highest BCUT2D eigenvalue weighted by Gasteiger charge is 2.28. The number of methoxy groups -OCH3 is 1. The highest BCUT2D eigenvalue weighted by Crippen LogP contribution is 2.33. The van der Waals surface area contributed by atoms with Crippen molar-refractivity contribution in [3.63, 3.8) is 0 Å². The van der Waals surface area contributed by atoms with E-state index in [1.807, 2.05) is 43.3 Å². The molecule has 172 valence electrons. The first kappa shape index (κ1) is 23.3. The molecule has 4 aromatic rings. The topological polar surface area (TPSA) is 90.7 Å². The Morgan fingerprint density at radius 2 is 1.79 bits per heavy atom. The van der Waals surface area contributed by atoms with Crippen LogP contribution in [0, 0.1) is 6.92 Å². The number of benzene rings is 2. The van der Waals surface area contributed by atoms with E-state index in [2.05, 4.69) is 4.98 Å². The van der Waals surface area contributed by atoms with Gasteiger partial charge in [-0.05, 0) is 30.7 Å². The van der Waals surface area contributed by atoms with Crippen molar-refractivity contribution in [1.29, 1.82) is 0 Å². The first-order valence-electron chi connectivity index (χ1n) is 10.2. The lowest BCUT2D eigenvalue weighted by atomic mass is 10.0. The van der Waals surface area contributed by atoms with Crippen LogP contribution in [0.4, 0.5) is 0 Å². The minimum Gasteiger partial charge on any atom is -0.481 e. The van der Waals surface area contributed by atoms with E-state index in [-0.39, 0.29) is 10.0 Å². The van der Waals surface area contributed by atoms with E-state index in [0.29, 0.717) is 11.4 Å². The third kappa shape index (κ3) is 4.89. The molecule has 0 aliphatic heterocycles. The van der Waals surface area contributed by atoms with Gasteiger partial charge in [0.25, 0.3) is 10.1 Å². The molecule has 4 rings (SSSR count). The van der Waals surface area contributed by atoms with Gasteiger partial charge in [-0.15, -0.1) is 0 Å². The van der Waals surface area contributed by atoms with Crippen LogP contribution in [0.25, 0.3) is 10.9 Å². The Morgan fingerprint density at radius 1 is 1.09 bits per heavy atom. The Kier molecular flexibility index (Phi) is 6.71. The maximum Gasteiger partial charge on any atom is 0.297 e. The number of fused-ring (bicyclic) bond motifs is 1. The summed E-state index contributed by atoms with van der Waals surface area (Å²) in [5, 5.41) is 12.1. The second-order valence-corrected chi connectivity index (χ2v) is 9.56. The number of aromatic nitrogens is 2. The van der Waals surface area contributed by atoms with Gasteiger partial charge in [0, 0.05) is 17.6 Å². The number of nitrogens with zero attached hydrogens (tertiary/aromatic N) is 2. The van der Waals surface area contributed by atoms with Gasteiger partial charge in [-0.2, -0.15) is 13.4 Å². The van der Waals surface area contributed by atoms with Crippen molar-refractivity contribution in [3.05, 3.63) is 89.2 Å². The molecule has 0 bridgehead atoms. The maximum atomic E-state index is 12.6. The van der Waals surface area contributed by atoms with E-state index < -0.39 is 28.9 Å². The predicted molar refractivity (Wildman–Crippen MR) is 126 cm³/mol. The first-order valence-corrected chi connectivity index (χ1v) is 12.0. The number of ether oxygens (including phenoxy) is 1. The van der Waals surface area contributed by atoms with E-state index in [9.17, 15) is 13.5 Å². The average Bonchev–Trinajstić information content (AvgIpc) is 3.23. The van der Waals surface area contributed by atoms with Gasteiger partial charge in [-0.1, -0.05) is 59.6 Å². The van der Waals surface area contributed by atoms with Crippen molar-refractivity contribution >= 4 is 32.6 Å². The number of aryl methyl sites for hydroxylation is 1. The van der Waals surface area contributed by atoms with Gasteiger partial charge in [0.1, 0.15) is 6.10 Å². The van der Waals surface area contributed by atoms with Crippen molar-refractivity contribution in [2.45, 2.75) is 24.0 Å². The summed E-state index contributed by atoms with van der Waals surface area (Å²) in [5.74, 6) is 0.370. The second kappa shape index (κ2) is 9.52. The van der Waals surface area contributed by atoms with Crippen molar-refractivity contribution in [2.75, 3.05) is 13.7 Å². The number of rotatable bonds is 8. The molecule has 0 unspecified atom stereocenters. The molecule has 0 fully saturated rings. The van der Waals surface area contributed by atoms with Crippen LogP contribution in [0.5, 0.6) is 5.88 Å². The molecule has 7 nitrogen and oxygen atoms in total. The normalized spacial score (nSPS) is 13.7. The molecule has 2 atom stereocenters. The molecule has 1 N–H and O–H groups in total. The number of hydrogen-bond acceptors (Lipinski definition) is 6. The molecule has 0 aliphatic carbocycles. The second-order valence-electron chi connectivity index (χ2n) is 7.59. The zero-order valence-electron chi connectivity index (χ0n) is 18.1. The summed E-state index contributed by atoms with van der Waals surface area (Å²) in [5.41, 5.74) is 2.28. The number of aliphatic hydroxyl groups excluding tert-OH is 1. The molecular weight excluding hydrogens is 464 g/mol. The van der Waals surface area contributed by atoms with Gasteiger partial charge in [-0.25, -0.2) is 0 Å². The summed E-state index contributed by atoms with van der Waals surface area (Å²) in [7, 11) is -2.54. The summed E-state index contributed by atoms with van der Waals surface area (Å²) in [6.07, 6.45) is 0.564. The quantitative estimate of drug-likeness (QED) is 0.294. The van der Waals surface area contributed by atoms with E-state index in [1.165, 1.54) is 19.2 Å². The highest BCUT2D eigenvalue weighted by molar-refractivity contribution is 7.86. The van der Waals surface area contributed by atoms with Gasteiger partial charge >= 0.3 is 0 Å². The summed E-state index contributed by atoms with van der Waals surface area (Å²) < 4.78 is 37.5. The van der Waals surface area contributed by atoms with Crippen LogP contribution in [0.15, 0.2) is 77.8 Å². The lowest BCUT2D eigenvalue weighted by Gasteiger charge is -2.26. The van der Waals surface area contributed by atoms with Gasteiger partial charge in [0.15, 0.2) is 5.15 Å². The van der Waals surface area contributed by atoms with Crippen LogP contribution in [0.3, 0.4) is 0 Å². The van der Waals surface area contributed by atoms with Crippen molar-refractivity contribution < 1.29 is 22.4 Å². The fourth-order valence-corrected chi connectivity index (χ4v) is 4.91. The Balaban J connectivity index is 1.69. The van der Waals surface area contributed by atoms with Gasteiger partial charge in [0.05, 0.1) is 30.2 Å². The third-order valence-electron chi connectivity index (χ3n) is 5.35. The number of aliphatic hydroxyl groups is 1. The Hall–Kier alpha value is -2.91. The van der Waals surface area contributed by atoms with Gasteiger partial charge in [-0.3, -0.25) is 4.18 Å². The van der Waals surface area contributed by atoms with Crippen molar-refractivity contribution in [2.24, 2.45) is 0 Å². The fraction of sp³-hybridized carbons (Fsp3) is 0.208. The fourth-order valence-electron chi connectivity index (χ4n) is 3.70. The SMILES string of the molecule is COc1cc2ccn([C@@H](c3ccccc3)[C@H](O)COS(=O)(=O)c3ccc(C)cc3)c2c(Cl)n1. The smallest absolute Gasteiger partial charge is 0.297 e. The summed E-state index contributed by atoms with van der Waals surface area (Å²) in [6, 6.07) is 18.5. The van der Waals surface area contributed by atoms with Gasteiger partial charge in [0.2, 0.25) is 5.88 Å². The van der Waals surface area contributed by atoms with Crippen molar-refractivity contribution in [3.8, 4) is 5.88 Å². The van der Waals surface area contributed by atoms with E-state index >= 15 is 0 Å². The zero-order valence-corrected chi connectivity index (χ0v) is 19.6. The molecule has 9 heteroatoms. The molecule has 0 saturated heterocycles. The molecular formula is C24H23ClN2O5S. The monoisotopic (exact) mass is 486 g/mol. The molecule has 0 radical (unpaired) electrons. The van der Waals surface area contributed by atoms with Crippen molar-refractivity contribution in [1.82, 2.24) is 9.55 Å². The van der Waals surface area contributed by atoms with Gasteiger partial charge < -0.3 is 14.4 Å². The Labute approximate surface area is 197 Å². The number of hydrogen-bond donors (Lipinski definition) is 1. The maximum absolute atomic E-state index is 12.6. The molecule has 0 saturated carbocycles. The standard InChI is InChI=1S/C24H23ClN2O5S/c1-16-8-10-19(11-9-16)33(29,30)32-15-20(28)22(17-6-4-3-5-7-17)27-13-12-18-14-21(31-2)26-24(25)23(18)27/h3-14,20,22,28H,15H2,1-2H3/t20-,22+/m1/s1. The minimum atomic E-state index is -4.04. The number of pyridine rings is 1. The third-order valence-corrected chi connectivity index (χ3v) is 6.91. The first-order chi connectivity index (χ1) is 15.8. The summed E-state index contributed by atoms with van der Waals surface area (Å²) >= 11 is 6.45. The largest absolute Gasteiger partial charge is 0.481 e. The molecule has 2 aromatic heterocycles. The number of halogens is 1. The average molecular weight is 487 g/mol. The highest BCUT2D eigenvalue weighted by atomic mass is 35.5. The van der Waals surface area contributed by atoms with Crippen LogP contribution >= 0.6 is 11.6 Å². The van der Waals surface area contributed by atoms with E-state index in [4.69, 9.17) is 20.5 Å². The molecule has 0 aliphatic rings. The van der Waals surface area contributed by atoms with Crippen LogP contribution < -0.4 is 4.74 Å². The predicted octanol–water partition coefficient (Wildman–Crippen LogP) is 4.36. The van der Waals surface area contributed by atoms with Crippen LogP contribution in [-0.2, 0) is 14.3 Å². The lowest BCUT2D eigenvalue weighted by molar-refractivity contribution is 0.0785. The Bertz CT molecular complexity index is 1360. The molecule has 0 spiro atoms.